The van der Waals surface area contributed by atoms with Gasteiger partial charge in [0.25, 0.3) is 5.91 Å². The monoisotopic (exact) mass is 458 g/mol. The second-order valence-electron chi connectivity index (χ2n) is 8.58. The van der Waals surface area contributed by atoms with Gasteiger partial charge in [0.2, 0.25) is 5.91 Å². The highest BCUT2D eigenvalue weighted by Crippen LogP contribution is 2.42. The fraction of sp³-hybridized carbons (Fsp3) is 0.286. The van der Waals surface area contributed by atoms with E-state index < -0.39 is 5.92 Å². The summed E-state index contributed by atoms with van der Waals surface area (Å²) in [7, 11) is 3.18. The van der Waals surface area contributed by atoms with Gasteiger partial charge in [-0.1, -0.05) is 60.2 Å². The zero-order valence-corrected chi connectivity index (χ0v) is 19.8. The number of ether oxygens (including phenoxy) is 2. The number of likely N-dealkylation sites (tertiary alicyclic amines) is 1. The van der Waals surface area contributed by atoms with E-state index in [4.69, 9.17) is 9.47 Å². The summed E-state index contributed by atoms with van der Waals surface area (Å²) in [6.45, 7) is 3.17. The highest BCUT2D eigenvalue weighted by atomic mass is 16.5. The topological polar surface area (TPSA) is 67.9 Å². The summed E-state index contributed by atoms with van der Waals surface area (Å²) in [5.74, 6) is 0.393. The van der Waals surface area contributed by atoms with Crippen LogP contribution in [0.25, 0.3) is 0 Å². The van der Waals surface area contributed by atoms with E-state index in [-0.39, 0.29) is 17.7 Å². The minimum atomic E-state index is -0.417. The minimum Gasteiger partial charge on any atom is -0.493 e. The van der Waals surface area contributed by atoms with Crippen LogP contribution in [0.1, 0.15) is 33.0 Å². The van der Waals surface area contributed by atoms with Crippen LogP contribution in [0.5, 0.6) is 11.5 Å². The van der Waals surface area contributed by atoms with E-state index in [0.29, 0.717) is 36.7 Å². The number of aryl methyl sites for hydroxylation is 1. The molecule has 1 heterocycles. The maximum absolute atomic E-state index is 13.4. The molecule has 3 aromatic carbocycles. The van der Waals surface area contributed by atoms with Crippen LogP contribution >= 0.6 is 0 Å². The van der Waals surface area contributed by atoms with Crippen LogP contribution < -0.4 is 14.8 Å². The molecule has 176 valence electrons. The van der Waals surface area contributed by atoms with Gasteiger partial charge in [0.1, 0.15) is 0 Å². The largest absolute Gasteiger partial charge is 0.493 e. The number of hydrogen-bond acceptors (Lipinski definition) is 4. The summed E-state index contributed by atoms with van der Waals surface area (Å²) in [4.78, 5) is 28.4. The average molecular weight is 459 g/mol. The predicted octanol–water partition coefficient (Wildman–Crippen LogP) is 4.18. The standard InChI is InChI=1S/C28H30N2O4/c1-19-12-14-21(15-13-19)28(32)30-17-23(22-10-7-11-25(33-2)26(22)34-3)24(18-30)27(31)29-16-20-8-5-4-6-9-20/h4-15,23-24H,16-18H2,1-3H3,(H,29,31)/t23-,24-/m0/s1. The molecule has 34 heavy (non-hydrogen) atoms. The number of nitrogens with zero attached hydrogens (tertiary/aromatic N) is 1. The lowest BCUT2D eigenvalue weighted by atomic mass is 9.87. The molecule has 4 rings (SSSR count). The van der Waals surface area contributed by atoms with Crippen molar-refractivity contribution in [2.45, 2.75) is 19.4 Å². The van der Waals surface area contributed by atoms with Crippen molar-refractivity contribution in [3.05, 3.63) is 95.1 Å². The first-order valence-corrected chi connectivity index (χ1v) is 11.4. The summed E-state index contributed by atoms with van der Waals surface area (Å²) in [5, 5.41) is 3.06. The molecule has 2 atom stereocenters. The number of hydrogen-bond donors (Lipinski definition) is 1. The Hall–Kier alpha value is -3.80. The SMILES string of the molecule is COc1cccc([C@@H]2CN(C(=O)c3ccc(C)cc3)C[C@@H]2C(=O)NCc2ccccc2)c1OC. The number of benzene rings is 3. The highest BCUT2D eigenvalue weighted by Gasteiger charge is 2.42. The van der Waals surface area contributed by atoms with Gasteiger partial charge < -0.3 is 19.7 Å². The van der Waals surface area contributed by atoms with Crippen molar-refractivity contribution in [3.8, 4) is 11.5 Å². The highest BCUT2D eigenvalue weighted by molar-refractivity contribution is 5.95. The van der Waals surface area contributed by atoms with Crippen LogP contribution in [0.15, 0.2) is 72.8 Å². The van der Waals surface area contributed by atoms with Crippen molar-refractivity contribution in [2.75, 3.05) is 27.3 Å². The van der Waals surface area contributed by atoms with Crippen LogP contribution in [0.4, 0.5) is 0 Å². The minimum absolute atomic E-state index is 0.0785. The summed E-state index contributed by atoms with van der Waals surface area (Å²) in [5.41, 5.74) is 3.60. The Morgan fingerprint density at radius 2 is 1.65 bits per heavy atom. The van der Waals surface area contributed by atoms with Crippen molar-refractivity contribution in [3.63, 3.8) is 0 Å². The number of carbonyl (C=O) groups is 2. The van der Waals surface area contributed by atoms with E-state index >= 15 is 0 Å². The lowest BCUT2D eigenvalue weighted by Gasteiger charge is -2.21. The average Bonchev–Trinajstić information content (AvgIpc) is 3.32. The third-order valence-corrected chi connectivity index (χ3v) is 6.38. The fourth-order valence-electron chi connectivity index (χ4n) is 4.55. The first-order chi connectivity index (χ1) is 16.5. The molecule has 0 radical (unpaired) electrons. The van der Waals surface area contributed by atoms with Crippen LogP contribution in [-0.2, 0) is 11.3 Å². The van der Waals surface area contributed by atoms with Gasteiger partial charge in [0, 0.05) is 36.7 Å². The van der Waals surface area contributed by atoms with Crippen LogP contribution in [0, 0.1) is 12.8 Å². The number of methoxy groups -OCH3 is 2. The molecule has 0 unspecified atom stereocenters. The molecule has 3 aromatic rings. The lowest BCUT2D eigenvalue weighted by molar-refractivity contribution is -0.125. The Balaban J connectivity index is 1.62. The molecule has 1 saturated heterocycles. The molecule has 1 aliphatic rings. The molecule has 0 bridgehead atoms. The van der Waals surface area contributed by atoms with Gasteiger partial charge >= 0.3 is 0 Å². The van der Waals surface area contributed by atoms with Crippen LogP contribution in [0.2, 0.25) is 0 Å². The van der Waals surface area contributed by atoms with Crippen LogP contribution in [0.3, 0.4) is 0 Å². The molecular formula is C28H30N2O4. The normalized spacial score (nSPS) is 17.3. The van der Waals surface area contributed by atoms with E-state index in [1.807, 2.05) is 79.7 Å². The molecule has 2 amide bonds. The van der Waals surface area contributed by atoms with Gasteiger partial charge in [-0.2, -0.15) is 0 Å². The quantitative estimate of drug-likeness (QED) is 0.577. The van der Waals surface area contributed by atoms with E-state index in [2.05, 4.69) is 5.32 Å². The predicted molar refractivity (Wildman–Crippen MR) is 131 cm³/mol. The van der Waals surface area contributed by atoms with Gasteiger partial charge in [-0.15, -0.1) is 0 Å². The zero-order valence-electron chi connectivity index (χ0n) is 19.8. The molecule has 0 saturated carbocycles. The Morgan fingerprint density at radius 3 is 2.32 bits per heavy atom. The number of nitrogens with one attached hydrogen (secondary N) is 1. The van der Waals surface area contributed by atoms with E-state index in [9.17, 15) is 9.59 Å². The maximum atomic E-state index is 13.4. The van der Waals surface area contributed by atoms with Crippen LogP contribution in [-0.4, -0.2) is 44.0 Å². The molecule has 0 aliphatic carbocycles. The first kappa shape index (κ1) is 23.4. The number of para-hydroxylation sites is 1. The van der Waals surface area contributed by atoms with Gasteiger partial charge in [0.15, 0.2) is 11.5 Å². The maximum Gasteiger partial charge on any atom is 0.253 e. The van der Waals surface area contributed by atoms with Crippen molar-refractivity contribution in [2.24, 2.45) is 5.92 Å². The molecule has 1 aliphatic heterocycles. The number of carbonyl (C=O) groups excluding carboxylic acids is 2. The van der Waals surface area contributed by atoms with E-state index in [1.165, 1.54) is 0 Å². The molecule has 0 spiro atoms. The van der Waals surface area contributed by atoms with Gasteiger partial charge in [-0.05, 0) is 30.7 Å². The van der Waals surface area contributed by atoms with Gasteiger partial charge in [-0.3, -0.25) is 9.59 Å². The summed E-state index contributed by atoms with van der Waals surface area (Å²) in [6, 6.07) is 23.0. The first-order valence-electron chi connectivity index (χ1n) is 11.4. The fourth-order valence-corrected chi connectivity index (χ4v) is 4.55. The smallest absolute Gasteiger partial charge is 0.253 e. The third-order valence-electron chi connectivity index (χ3n) is 6.38. The van der Waals surface area contributed by atoms with Crippen molar-refractivity contribution < 1.29 is 19.1 Å². The number of amides is 2. The molecule has 0 aromatic heterocycles. The second-order valence-corrected chi connectivity index (χ2v) is 8.58. The Kier molecular flexibility index (Phi) is 7.16. The van der Waals surface area contributed by atoms with Crippen molar-refractivity contribution >= 4 is 11.8 Å². The Bertz CT molecular complexity index is 1140. The zero-order chi connectivity index (χ0) is 24.1. The summed E-state index contributed by atoms with van der Waals surface area (Å²) < 4.78 is 11.2. The van der Waals surface area contributed by atoms with Crippen molar-refractivity contribution in [1.82, 2.24) is 10.2 Å². The molecule has 6 nitrogen and oxygen atoms in total. The second kappa shape index (κ2) is 10.4. The summed E-state index contributed by atoms with van der Waals surface area (Å²) >= 11 is 0. The van der Waals surface area contributed by atoms with Gasteiger partial charge in [-0.25, -0.2) is 0 Å². The molecule has 1 N–H and O–H groups in total. The Morgan fingerprint density at radius 1 is 0.912 bits per heavy atom. The third kappa shape index (κ3) is 4.91. The number of rotatable bonds is 7. The Labute approximate surface area is 200 Å². The van der Waals surface area contributed by atoms with E-state index in [1.54, 1.807) is 19.1 Å². The molecular weight excluding hydrogens is 428 g/mol. The van der Waals surface area contributed by atoms with Crippen molar-refractivity contribution in [1.29, 1.82) is 0 Å². The van der Waals surface area contributed by atoms with E-state index in [0.717, 1.165) is 16.7 Å². The molecule has 1 fully saturated rings. The van der Waals surface area contributed by atoms with Gasteiger partial charge in [0.05, 0.1) is 20.1 Å². The molecule has 6 heteroatoms. The lowest BCUT2D eigenvalue weighted by Crippen LogP contribution is -2.35. The summed E-state index contributed by atoms with van der Waals surface area (Å²) in [6.07, 6.45) is 0.